The van der Waals surface area contributed by atoms with Crippen LogP contribution < -0.4 is 5.32 Å². The van der Waals surface area contributed by atoms with Crippen molar-refractivity contribution in [2.24, 2.45) is 13.0 Å². The van der Waals surface area contributed by atoms with Crippen LogP contribution in [-0.2, 0) is 20.1 Å². The maximum Gasteiger partial charge on any atom is 0.0842 e. The summed E-state index contributed by atoms with van der Waals surface area (Å²) in [7, 11) is 1.97. The van der Waals surface area contributed by atoms with Gasteiger partial charge in [-0.25, -0.2) is 0 Å². The summed E-state index contributed by atoms with van der Waals surface area (Å²) in [5.41, 5.74) is 4.61. The van der Waals surface area contributed by atoms with Gasteiger partial charge in [0.1, 0.15) is 0 Å². The molecular formula is C15H24BrN5. The third kappa shape index (κ3) is 3.74. The molecule has 0 radical (unpaired) electrons. The van der Waals surface area contributed by atoms with Crippen molar-refractivity contribution < 1.29 is 0 Å². The lowest BCUT2D eigenvalue weighted by atomic mass is 10.2. The monoisotopic (exact) mass is 353 g/mol. The molecular weight excluding hydrogens is 330 g/mol. The first kappa shape index (κ1) is 16.2. The van der Waals surface area contributed by atoms with Gasteiger partial charge in [-0.05, 0) is 42.2 Å². The fourth-order valence-corrected chi connectivity index (χ4v) is 2.77. The van der Waals surface area contributed by atoms with Crippen LogP contribution in [0.4, 0.5) is 0 Å². The Kier molecular flexibility index (Phi) is 5.22. The smallest absolute Gasteiger partial charge is 0.0842 e. The SMILES string of the molecule is Cc1nn(C)c(Cn2ncc(CNCC(C)C)c2C)c1Br. The molecule has 116 valence electrons. The Labute approximate surface area is 134 Å². The Balaban J connectivity index is 2.10. The van der Waals surface area contributed by atoms with Crippen molar-refractivity contribution in [3.63, 3.8) is 0 Å². The van der Waals surface area contributed by atoms with E-state index in [-0.39, 0.29) is 0 Å². The molecule has 0 bridgehead atoms. The number of nitrogens with zero attached hydrogens (tertiary/aromatic N) is 4. The largest absolute Gasteiger partial charge is 0.312 e. The molecule has 2 aromatic rings. The lowest BCUT2D eigenvalue weighted by molar-refractivity contribution is 0.550. The van der Waals surface area contributed by atoms with Crippen molar-refractivity contribution in [1.82, 2.24) is 24.9 Å². The van der Waals surface area contributed by atoms with E-state index in [1.807, 2.05) is 29.5 Å². The Morgan fingerprint density at radius 1 is 1.33 bits per heavy atom. The number of nitrogens with one attached hydrogen (secondary N) is 1. The van der Waals surface area contributed by atoms with Gasteiger partial charge in [0.2, 0.25) is 0 Å². The number of hydrogen-bond donors (Lipinski definition) is 1. The van der Waals surface area contributed by atoms with Gasteiger partial charge in [-0.15, -0.1) is 0 Å². The molecule has 0 unspecified atom stereocenters. The van der Waals surface area contributed by atoms with E-state index in [2.05, 4.69) is 52.2 Å². The summed E-state index contributed by atoms with van der Waals surface area (Å²) in [6.07, 6.45) is 1.96. The van der Waals surface area contributed by atoms with E-state index in [9.17, 15) is 0 Å². The number of aryl methyl sites for hydroxylation is 2. The van der Waals surface area contributed by atoms with Crippen molar-refractivity contribution in [3.8, 4) is 0 Å². The van der Waals surface area contributed by atoms with Crippen molar-refractivity contribution in [1.29, 1.82) is 0 Å². The van der Waals surface area contributed by atoms with Crippen molar-refractivity contribution >= 4 is 15.9 Å². The summed E-state index contributed by atoms with van der Waals surface area (Å²) >= 11 is 3.61. The molecule has 0 fully saturated rings. The van der Waals surface area contributed by atoms with Gasteiger partial charge in [0.15, 0.2) is 0 Å². The normalized spacial score (nSPS) is 11.6. The van der Waals surface area contributed by atoms with E-state index in [1.54, 1.807) is 0 Å². The standard InChI is InChI=1S/C15H24BrN5/c1-10(2)6-17-7-13-8-18-21(12(13)4)9-14-15(16)11(3)19-20(14)5/h8,10,17H,6-7,9H2,1-5H3. The molecule has 2 rings (SSSR count). The predicted octanol–water partition coefficient (Wildman–Crippen LogP) is 2.79. The molecule has 2 aromatic heterocycles. The van der Waals surface area contributed by atoms with E-state index >= 15 is 0 Å². The van der Waals surface area contributed by atoms with Gasteiger partial charge < -0.3 is 5.32 Å². The van der Waals surface area contributed by atoms with Crippen molar-refractivity contribution in [2.45, 2.75) is 40.8 Å². The lowest BCUT2D eigenvalue weighted by Gasteiger charge is -2.09. The average Bonchev–Trinajstić information content (AvgIpc) is 2.86. The Morgan fingerprint density at radius 2 is 2.05 bits per heavy atom. The second kappa shape index (κ2) is 6.75. The van der Waals surface area contributed by atoms with Gasteiger partial charge in [-0.2, -0.15) is 10.2 Å². The molecule has 2 heterocycles. The van der Waals surface area contributed by atoms with Gasteiger partial charge in [0, 0.05) is 24.8 Å². The lowest BCUT2D eigenvalue weighted by Crippen LogP contribution is -2.19. The van der Waals surface area contributed by atoms with Gasteiger partial charge in [-0.3, -0.25) is 9.36 Å². The molecule has 0 saturated carbocycles. The van der Waals surface area contributed by atoms with Crippen molar-refractivity contribution in [3.05, 3.63) is 33.3 Å². The maximum atomic E-state index is 4.51. The topological polar surface area (TPSA) is 47.7 Å². The van der Waals surface area contributed by atoms with Gasteiger partial charge >= 0.3 is 0 Å². The van der Waals surface area contributed by atoms with Crippen LogP contribution in [0.2, 0.25) is 0 Å². The van der Waals surface area contributed by atoms with E-state index in [1.165, 1.54) is 11.3 Å². The molecule has 0 saturated heterocycles. The summed E-state index contributed by atoms with van der Waals surface area (Å²) in [4.78, 5) is 0. The fraction of sp³-hybridized carbons (Fsp3) is 0.600. The molecule has 21 heavy (non-hydrogen) atoms. The minimum absolute atomic E-state index is 0.661. The highest BCUT2D eigenvalue weighted by Crippen LogP contribution is 2.21. The van der Waals surface area contributed by atoms with Gasteiger partial charge in [-0.1, -0.05) is 13.8 Å². The molecule has 0 aliphatic rings. The maximum absolute atomic E-state index is 4.51. The van der Waals surface area contributed by atoms with E-state index < -0.39 is 0 Å². The summed E-state index contributed by atoms with van der Waals surface area (Å²) in [5, 5.41) is 12.4. The second-order valence-electron chi connectivity index (χ2n) is 5.91. The fourth-order valence-electron chi connectivity index (χ4n) is 2.31. The summed E-state index contributed by atoms with van der Waals surface area (Å²) in [5.74, 6) is 0.661. The third-order valence-electron chi connectivity index (χ3n) is 3.63. The summed E-state index contributed by atoms with van der Waals surface area (Å²) in [6.45, 7) is 11.2. The van der Waals surface area contributed by atoms with E-state index in [4.69, 9.17) is 0 Å². The number of rotatable bonds is 6. The predicted molar refractivity (Wildman–Crippen MR) is 88.3 cm³/mol. The van der Waals surface area contributed by atoms with Crippen LogP contribution in [0.5, 0.6) is 0 Å². The minimum Gasteiger partial charge on any atom is -0.312 e. The summed E-state index contributed by atoms with van der Waals surface area (Å²) < 4.78 is 5.02. The Hall–Kier alpha value is -1.14. The molecule has 0 amide bonds. The molecule has 5 nitrogen and oxygen atoms in total. The highest BCUT2D eigenvalue weighted by molar-refractivity contribution is 9.10. The number of hydrogen-bond acceptors (Lipinski definition) is 3. The number of aromatic nitrogens is 4. The van der Waals surface area contributed by atoms with E-state index in [0.717, 1.165) is 35.5 Å². The first-order valence-electron chi connectivity index (χ1n) is 7.30. The van der Waals surface area contributed by atoms with Crippen LogP contribution in [0, 0.1) is 19.8 Å². The zero-order chi connectivity index (χ0) is 15.6. The van der Waals surface area contributed by atoms with Gasteiger partial charge in [0.25, 0.3) is 0 Å². The molecule has 1 N–H and O–H groups in total. The van der Waals surface area contributed by atoms with Crippen LogP contribution in [0.3, 0.4) is 0 Å². The Bertz CT molecular complexity index is 612. The highest BCUT2D eigenvalue weighted by Gasteiger charge is 2.14. The van der Waals surface area contributed by atoms with Crippen LogP contribution in [0.15, 0.2) is 10.7 Å². The first-order chi connectivity index (χ1) is 9.90. The van der Waals surface area contributed by atoms with Crippen LogP contribution in [0.1, 0.15) is 36.5 Å². The van der Waals surface area contributed by atoms with Crippen LogP contribution in [0.25, 0.3) is 0 Å². The second-order valence-corrected chi connectivity index (χ2v) is 6.70. The first-order valence-corrected chi connectivity index (χ1v) is 8.09. The highest BCUT2D eigenvalue weighted by atomic mass is 79.9. The van der Waals surface area contributed by atoms with Crippen molar-refractivity contribution in [2.75, 3.05) is 6.54 Å². The zero-order valence-electron chi connectivity index (χ0n) is 13.4. The molecule has 0 aliphatic carbocycles. The third-order valence-corrected chi connectivity index (χ3v) is 4.67. The molecule has 0 aromatic carbocycles. The minimum atomic E-state index is 0.661. The quantitative estimate of drug-likeness (QED) is 0.868. The van der Waals surface area contributed by atoms with Crippen LogP contribution in [-0.4, -0.2) is 26.1 Å². The zero-order valence-corrected chi connectivity index (χ0v) is 15.0. The van der Waals surface area contributed by atoms with Crippen LogP contribution >= 0.6 is 15.9 Å². The van der Waals surface area contributed by atoms with Gasteiger partial charge in [0.05, 0.1) is 28.6 Å². The molecule has 0 spiro atoms. The molecule has 6 heteroatoms. The molecule has 0 atom stereocenters. The van der Waals surface area contributed by atoms with E-state index in [0.29, 0.717) is 5.92 Å². The molecule has 0 aliphatic heterocycles. The average molecular weight is 354 g/mol. The Morgan fingerprint density at radius 3 is 2.62 bits per heavy atom. The summed E-state index contributed by atoms with van der Waals surface area (Å²) in [6, 6.07) is 0. The number of halogens is 1.